The molecule has 2 aromatic rings. The molecule has 0 spiro atoms. The Morgan fingerprint density at radius 1 is 1.15 bits per heavy atom. The van der Waals surface area contributed by atoms with Crippen LogP contribution in [-0.4, -0.2) is 31.4 Å². The Morgan fingerprint density at radius 3 is 2.44 bits per heavy atom. The number of sulfonamides is 1. The number of rotatable bonds is 7. The van der Waals surface area contributed by atoms with Crippen molar-refractivity contribution in [3.05, 3.63) is 59.4 Å². The quantitative estimate of drug-likeness (QED) is 0.668. The van der Waals surface area contributed by atoms with E-state index in [-0.39, 0.29) is 17.3 Å². The molecule has 0 heterocycles. The summed E-state index contributed by atoms with van der Waals surface area (Å²) in [6.07, 6.45) is 0.702. The fourth-order valence-electron chi connectivity index (χ4n) is 2.21. The molecule has 2 rings (SSSR count). The van der Waals surface area contributed by atoms with Crippen molar-refractivity contribution >= 4 is 27.6 Å². The Kier molecular flexibility index (Phi) is 6.17. The van der Waals surface area contributed by atoms with Crippen LogP contribution in [0.2, 0.25) is 0 Å². The van der Waals surface area contributed by atoms with E-state index in [4.69, 9.17) is 5.11 Å². The van der Waals surface area contributed by atoms with Gasteiger partial charge >= 0.3 is 5.97 Å². The smallest absolute Gasteiger partial charge is 0.338 e. The average Bonchev–Trinajstić information content (AvgIpc) is 2.61. The van der Waals surface area contributed by atoms with E-state index in [0.717, 1.165) is 18.2 Å². The fourth-order valence-corrected chi connectivity index (χ4v) is 3.32. The second kappa shape index (κ2) is 8.17. The average molecular weight is 394 g/mol. The summed E-state index contributed by atoms with van der Waals surface area (Å²) in [5.41, 5.74) is -0.623. The number of para-hydroxylation sites is 1. The molecule has 0 fully saturated rings. The minimum atomic E-state index is -4.24. The molecule has 1 atom stereocenters. The van der Waals surface area contributed by atoms with E-state index in [1.54, 1.807) is 12.1 Å². The highest BCUT2D eigenvalue weighted by molar-refractivity contribution is 7.92. The fraction of sp³-hybridized carbons (Fsp3) is 0.222. The van der Waals surface area contributed by atoms with Crippen LogP contribution in [-0.2, 0) is 10.0 Å². The first-order valence-corrected chi connectivity index (χ1v) is 9.59. The number of carbonyl (C=O) groups is 2. The molecule has 3 N–H and O–H groups in total. The van der Waals surface area contributed by atoms with E-state index < -0.39 is 38.2 Å². The van der Waals surface area contributed by atoms with E-state index in [1.807, 2.05) is 13.8 Å². The first kappa shape index (κ1) is 20.4. The lowest BCUT2D eigenvalue weighted by molar-refractivity contribution is 0.0691. The molecule has 0 aliphatic carbocycles. The van der Waals surface area contributed by atoms with Crippen molar-refractivity contribution in [2.45, 2.75) is 31.2 Å². The van der Waals surface area contributed by atoms with Gasteiger partial charge in [-0.25, -0.2) is 17.6 Å². The lowest BCUT2D eigenvalue weighted by Gasteiger charge is -2.15. The van der Waals surface area contributed by atoms with Gasteiger partial charge in [0.1, 0.15) is 5.82 Å². The highest BCUT2D eigenvalue weighted by atomic mass is 32.2. The van der Waals surface area contributed by atoms with Crippen LogP contribution in [0, 0.1) is 5.82 Å². The van der Waals surface area contributed by atoms with E-state index in [0.29, 0.717) is 6.42 Å². The van der Waals surface area contributed by atoms with E-state index in [9.17, 15) is 22.4 Å². The topological polar surface area (TPSA) is 113 Å². The second-order valence-electron chi connectivity index (χ2n) is 5.88. The third-order valence-electron chi connectivity index (χ3n) is 3.88. The van der Waals surface area contributed by atoms with Crippen LogP contribution < -0.4 is 10.0 Å². The summed E-state index contributed by atoms with van der Waals surface area (Å²) < 4.78 is 40.9. The third-order valence-corrected chi connectivity index (χ3v) is 5.25. The van der Waals surface area contributed by atoms with Gasteiger partial charge in [-0.15, -0.1) is 0 Å². The highest BCUT2D eigenvalue weighted by Gasteiger charge is 2.22. The maximum Gasteiger partial charge on any atom is 0.338 e. The molecule has 27 heavy (non-hydrogen) atoms. The molecule has 0 unspecified atom stereocenters. The molecule has 1 amide bonds. The molecule has 2 aromatic carbocycles. The van der Waals surface area contributed by atoms with Gasteiger partial charge in [-0.2, -0.15) is 0 Å². The lowest BCUT2D eigenvalue weighted by Crippen LogP contribution is -2.32. The largest absolute Gasteiger partial charge is 0.478 e. The number of hydrogen-bond acceptors (Lipinski definition) is 4. The summed E-state index contributed by atoms with van der Waals surface area (Å²) in [5, 5.41) is 11.7. The van der Waals surface area contributed by atoms with Crippen molar-refractivity contribution in [1.29, 1.82) is 0 Å². The zero-order valence-corrected chi connectivity index (χ0v) is 15.5. The molecule has 0 saturated carbocycles. The number of carbonyl (C=O) groups excluding carboxylic acids is 1. The molecular weight excluding hydrogens is 375 g/mol. The van der Waals surface area contributed by atoms with Gasteiger partial charge in [0.05, 0.1) is 21.7 Å². The number of nitrogens with one attached hydrogen (secondary N) is 2. The lowest BCUT2D eigenvalue weighted by atomic mass is 10.1. The number of halogens is 1. The van der Waals surface area contributed by atoms with Crippen molar-refractivity contribution in [2.75, 3.05) is 4.72 Å². The van der Waals surface area contributed by atoms with Crippen molar-refractivity contribution in [3.63, 3.8) is 0 Å². The summed E-state index contributed by atoms with van der Waals surface area (Å²) in [6, 6.07) is 8.34. The number of hydrogen-bond donors (Lipinski definition) is 3. The Hall–Kier alpha value is -2.94. The molecule has 0 aliphatic rings. The summed E-state index contributed by atoms with van der Waals surface area (Å²) >= 11 is 0. The molecule has 7 nitrogen and oxygen atoms in total. The summed E-state index contributed by atoms with van der Waals surface area (Å²) in [5.74, 6) is -3.08. The predicted octanol–water partition coefficient (Wildman–Crippen LogP) is 2.85. The first-order valence-electron chi connectivity index (χ1n) is 8.11. The molecule has 0 aromatic heterocycles. The number of amides is 1. The van der Waals surface area contributed by atoms with Gasteiger partial charge in [-0.3, -0.25) is 9.52 Å². The van der Waals surface area contributed by atoms with Crippen LogP contribution in [0.1, 0.15) is 41.0 Å². The molecule has 9 heteroatoms. The van der Waals surface area contributed by atoms with Gasteiger partial charge in [0.15, 0.2) is 0 Å². The number of anilines is 1. The van der Waals surface area contributed by atoms with Crippen LogP contribution in [0.15, 0.2) is 47.4 Å². The molecular formula is C18H19FN2O5S. The van der Waals surface area contributed by atoms with Crippen molar-refractivity contribution in [3.8, 4) is 0 Å². The Morgan fingerprint density at radius 2 is 1.81 bits per heavy atom. The van der Waals surface area contributed by atoms with Crippen LogP contribution in [0.25, 0.3) is 0 Å². The number of benzene rings is 2. The summed E-state index contributed by atoms with van der Waals surface area (Å²) in [4.78, 5) is 23.0. The molecule has 0 radical (unpaired) electrons. The van der Waals surface area contributed by atoms with Crippen LogP contribution in [0.3, 0.4) is 0 Å². The standard InChI is InChI=1S/C18H19FN2O5S/c1-3-11(2)20-17(22)13-6-4-5-7-16(13)21-27(25,26)12-8-9-15(19)14(10-12)18(23)24/h4-11,21H,3H2,1-2H3,(H,20,22)(H,23,24)/t11-/m1/s1. The van der Waals surface area contributed by atoms with E-state index in [1.165, 1.54) is 12.1 Å². The molecule has 0 aliphatic heterocycles. The minimum absolute atomic E-state index is 0.0273. The molecule has 0 saturated heterocycles. The van der Waals surface area contributed by atoms with Crippen molar-refractivity contribution in [1.82, 2.24) is 5.32 Å². The third kappa shape index (κ3) is 4.82. The first-order chi connectivity index (χ1) is 12.7. The Labute approximate surface area is 156 Å². The van der Waals surface area contributed by atoms with Gasteiger partial charge in [-0.05, 0) is 43.7 Å². The predicted molar refractivity (Wildman–Crippen MR) is 97.8 cm³/mol. The second-order valence-corrected chi connectivity index (χ2v) is 7.56. The van der Waals surface area contributed by atoms with Gasteiger partial charge in [0.2, 0.25) is 0 Å². The van der Waals surface area contributed by atoms with Crippen LogP contribution in [0.4, 0.5) is 10.1 Å². The van der Waals surface area contributed by atoms with Crippen molar-refractivity contribution in [2.24, 2.45) is 0 Å². The maximum absolute atomic E-state index is 13.5. The zero-order valence-electron chi connectivity index (χ0n) is 14.7. The monoisotopic (exact) mass is 394 g/mol. The van der Waals surface area contributed by atoms with Crippen LogP contribution >= 0.6 is 0 Å². The van der Waals surface area contributed by atoms with Gasteiger partial charge in [0, 0.05) is 6.04 Å². The highest BCUT2D eigenvalue weighted by Crippen LogP contribution is 2.22. The Bertz CT molecular complexity index is 975. The number of carboxylic acid groups (broad SMARTS) is 1. The summed E-state index contributed by atoms with van der Waals surface area (Å²) in [7, 11) is -4.24. The number of carboxylic acids is 1. The van der Waals surface area contributed by atoms with Gasteiger partial charge in [-0.1, -0.05) is 19.1 Å². The van der Waals surface area contributed by atoms with E-state index >= 15 is 0 Å². The number of aromatic carboxylic acids is 1. The normalized spacial score (nSPS) is 12.3. The van der Waals surface area contributed by atoms with Gasteiger partial charge < -0.3 is 10.4 Å². The maximum atomic E-state index is 13.5. The SMILES string of the molecule is CC[C@@H](C)NC(=O)c1ccccc1NS(=O)(=O)c1ccc(F)c(C(=O)O)c1. The minimum Gasteiger partial charge on any atom is -0.478 e. The Balaban J connectivity index is 2.38. The van der Waals surface area contributed by atoms with E-state index in [2.05, 4.69) is 10.0 Å². The zero-order chi connectivity index (χ0) is 20.2. The van der Waals surface area contributed by atoms with Crippen LogP contribution in [0.5, 0.6) is 0 Å². The van der Waals surface area contributed by atoms with Crippen molar-refractivity contribution < 1.29 is 27.5 Å². The molecule has 144 valence electrons. The summed E-state index contributed by atoms with van der Waals surface area (Å²) in [6.45, 7) is 3.71. The van der Waals surface area contributed by atoms with Gasteiger partial charge in [0.25, 0.3) is 15.9 Å². The molecule has 0 bridgehead atoms.